The summed E-state index contributed by atoms with van der Waals surface area (Å²) >= 11 is 0. The zero-order valence-corrected chi connectivity index (χ0v) is 48.6. The van der Waals surface area contributed by atoms with Crippen molar-refractivity contribution in [2.45, 2.75) is 245 Å². The summed E-state index contributed by atoms with van der Waals surface area (Å²) in [5.74, 6) is -2.30. The third-order valence-electron chi connectivity index (χ3n) is 12.5. The lowest BCUT2D eigenvalue weighted by atomic mass is 10.0. The summed E-state index contributed by atoms with van der Waals surface area (Å²) in [7, 11) is 5.91. The highest BCUT2D eigenvalue weighted by Crippen LogP contribution is 2.16. The maximum absolute atomic E-state index is 12.9. The molecule has 0 saturated carbocycles. The summed E-state index contributed by atoms with van der Waals surface area (Å²) in [6.45, 7) is 4.51. The molecule has 0 N–H and O–H groups in total. The maximum atomic E-state index is 12.9. The Morgan fingerprint density at radius 3 is 1.07 bits per heavy atom. The van der Waals surface area contributed by atoms with Crippen molar-refractivity contribution in [3.05, 3.63) is 109 Å². The van der Waals surface area contributed by atoms with Crippen molar-refractivity contribution in [1.82, 2.24) is 0 Å². The fourth-order valence-corrected chi connectivity index (χ4v) is 7.97. The third kappa shape index (κ3) is 57.5. The monoisotopic (exact) mass is 1050 g/mol. The van der Waals surface area contributed by atoms with Gasteiger partial charge >= 0.3 is 11.9 Å². The van der Waals surface area contributed by atoms with Gasteiger partial charge in [-0.1, -0.05) is 232 Å². The number of likely N-dealkylation sites (N-methyl/N-ethyl adjacent to an activating group) is 1. The number of hydrogen-bond donors (Lipinski definition) is 0. The van der Waals surface area contributed by atoms with Crippen LogP contribution in [-0.2, 0) is 33.3 Å². The molecule has 0 heterocycles. The number of quaternary nitrogens is 1. The Morgan fingerprint density at radius 2 is 0.720 bits per heavy atom. The predicted molar refractivity (Wildman–Crippen MR) is 315 cm³/mol. The Bertz CT molecular complexity index is 1590. The molecule has 0 fully saturated rings. The van der Waals surface area contributed by atoms with Crippen LogP contribution in [0.3, 0.4) is 0 Å². The van der Waals surface area contributed by atoms with Crippen LogP contribution in [0.15, 0.2) is 109 Å². The molecule has 428 valence electrons. The fraction of sp³-hybridized carbons (Fsp3) is 0.682. The molecule has 0 rings (SSSR count). The van der Waals surface area contributed by atoms with Gasteiger partial charge in [0.05, 0.1) is 40.3 Å². The summed E-state index contributed by atoms with van der Waals surface area (Å²) in [4.78, 5) is 37.3. The number of carbonyl (C=O) groups excluding carboxylic acids is 3. The maximum Gasteiger partial charge on any atom is 0.306 e. The van der Waals surface area contributed by atoms with Crippen LogP contribution < -0.4 is 5.11 Å². The Labute approximate surface area is 460 Å². The minimum absolute atomic E-state index is 0.141. The van der Waals surface area contributed by atoms with Crippen molar-refractivity contribution in [2.75, 3.05) is 47.5 Å². The van der Waals surface area contributed by atoms with E-state index in [1.54, 1.807) is 0 Å². The van der Waals surface area contributed by atoms with Gasteiger partial charge < -0.3 is 33.3 Å². The molecule has 0 aliphatic carbocycles. The number of nitrogens with zero attached hydrogens (tertiary/aromatic N) is 1. The van der Waals surface area contributed by atoms with Crippen molar-refractivity contribution in [3.63, 3.8) is 0 Å². The molecule has 0 aliphatic rings. The number of esters is 2. The van der Waals surface area contributed by atoms with E-state index in [-0.39, 0.29) is 38.6 Å². The third-order valence-corrected chi connectivity index (χ3v) is 12.5. The molecule has 0 aromatic rings. The van der Waals surface area contributed by atoms with Crippen LogP contribution in [-0.4, -0.2) is 82.3 Å². The van der Waals surface area contributed by atoms with Gasteiger partial charge in [-0.25, -0.2) is 0 Å². The zero-order valence-electron chi connectivity index (χ0n) is 48.6. The smallest absolute Gasteiger partial charge is 0.306 e. The van der Waals surface area contributed by atoms with Crippen LogP contribution >= 0.6 is 0 Å². The molecular formula is C66H111NO8. The predicted octanol–water partition coefficient (Wildman–Crippen LogP) is 16.6. The highest BCUT2D eigenvalue weighted by atomic mass is 16.7. The Morgan fingerprint density at radius 1 is 0.400 bits per heavy atom. The van der Waals surface area contributed by atoms with Gasteiger partial charge in [-0.05, 0) is 96.3 Å². The molecule has 0 amide bonds. The summed E-state index contributed by atoms with van der Waals surface area (Å²) < 4.78 is 22.7. The van der Waals surface area contributed by atoms with Crippen molar-refractivity contribution >= 4 is 17.9 Å². The van der Waals surface area contributed by atoms with Crippen LogP contribution in [0.5, 0.6) is 0 Å². The molecule has 0 aromatic carbocycles. The van der Waals surface area contributed by atoms with E-state index < -0.39 is 24.3 Å². The second kappa shape index (κ2) is 56.2. The van der Waals surface area contributed by atoms with Crippen molar-refractivity contribution in [1.29, 1.82) is 0 Å². The van der Waals surface area contributed by atoms with E-state index >= 15 is 0 Å². The standard InChI is InChI=1S/C66H111NO8/c1-6-8-10-12-14-16-18-20-22-24-26-28-29-30-31-32-33-34-35-37-39-41-43-45-47-49-51-53-55-57-64(69)75-62(61-74-66(65(70)71)72-59-58-67(3,4)5)60-73-63(68)56-54-52-50-48-46-44-42-40-38-36-27-25-23-21-19-17-15-13-11-9-7-2/h8-11,14-17,20-23,26-28,30-31,36,62,66H,6-7,12-13,18-19,24-25,29,32-35,37-61H2,1-5H3/b10-8-,11-9-,16-14-,17-15-,22-20-,23-21-,28-26-,31-30-,36-27-. The number of carbonyl (C=O) groups is 3. The van der Waals surface area contributed by atoms with Crippen LogP contribution in [0.4, 0.5) is 0 Å². The first kappa shape index (κ1) is 71.0. The molecule has 0 aromatic heterocycles. The first-order chi connectivity index (χ1) is 36.6. The number of carboxylic acids is 1. The van der Waals surface area contributed by atoms with E-state index in [0.717, 1.165) is 109 Å². The van der Waals surface area contributed by atoms with Crippen molar-refractivity contribution < 1.29 is 42.9 Å². The Kier molecular flexibility index (Phi) is 53.1. The Hall–Kier alpha value is -4.05. The largest absolute Gasteiger partial charge is 0.545 e. The molecule has 0 spiro atoms. The van der Waals surface area contributed by atoms with Gasteiger partial charge in [0.1, 0.15) is 13.2 Å². The molecule has 9 nitrogen and oxygen atoms in total. The number of rotatable bonds is 54. The number of aliphatic carboxylic acids is 1. The molecule has 2 unspecified atom stereocenters. The van der Waals surface area contributed by atoms with Crippen molar-refractivity contribution in [2.24, 2.45) is 0 Å². The van der Waals surface area contributed by atoms with Crippen LogP contribution in [0.25, 0.3) is 0 Å². The number of carboxylic acid groups (broad SMARTS) is 1. The first-order valence-corrected chi connectivity index (χ1v) is 30.0. The quantitative estimate of drug-likeness (QED) is 0.0195. The van der Waals surface area contributed by atoms with Gasteiger partial charge in [-0.2, -0.15) is 0 Å². The van der Waals surface area contributed by atoms with E-state index in [9.17, 15) is 19.5 Å². The highest BCUT2D eigenvalue weighted by molar-refractivity contribution is 5.70. The molecule has 2 atom stereocenters. The zero-order chi connectivity index (χ0) is 54.8. The van der Waals surface area contributed by atoms with Crippen molar-refractivity contribution in [3.8, 4) is 0 Å². The number of hydrogen-bond acceptors (Lipinski definition) is 8. The van der Waals surface area contributed by atoms with E-state index in [2.05, 4.69) is 123 Å². The molecule has 0 bridgehead atoms. The first-order valence-electron chi connectivity index (χ1n) is 30.0. The molecule has 9 heteroatoms. The number of unbranched alkanes of at least 4 members (excludes halogenated alkanes) is 21. The van der Waals surface area contributed by atoms with Gasteiger partial charge in [-0.15, -0.1) is 0 Å². The molecule has 0 saturated heterocycles. The van der Waals surface area contributed by atoms with E-state index in [1.807, 2.05) is 21.1 Å². The highest BCUT2D eigenvalue weighted by Gasteiger charge is 2.22. The van der Waals surface area contributed by atoms with Crippen LogP contribution in [0, 0.1) is 0 Å². The van der Waals surface area contributed by atoms with Gasteiger partial charge in [0, 0.05) is 12.8 Å². The fourth-order valence-electron chi connectivity index (χ4n) is 7.97. The average molecular weight is 1050 g/mol. The number of ether oxygens (including phenoxy) is 4. The minimum atomic E-state index is -1.63. The average Bonchev–Trinajstić information content (AvgIpc) is 3.38. The number of allylic oxidation sites excluding steroid dienone is 18. The normalized spacial score (nSPS) is 13.6. The van der Waals surface area contributed by atoms with Gasteiger partial charge in [0.15, 0.2) is 12.4 Å². The second-order valence-electron chi connectivity index (χ2n) is 20.9. The summed E-state index contributed by atoms with van der Waals surface area (Å²) in [5, 5.41) is 11.8. The topological polar surface area (TPSA) is 111 Å². The minimum Gasteiger partial charge on any atom is -0.545 e. The van der Waals surface area contributed by atoms with E-state index in [1.165, 1.54) is 89.9 Å². The lowest BCUT2D eigenvalue weighted by Crippen LogP contribution is -2.44. The van der Waals surface area contributed by atoms with E-state index in [4.69, 9.17) is 18.9 Å². The Balaban J connectivity index is 4.23. The summed E-state index contributed by atoms with van der Waals surface area (Å²) in [6.07, 6.45) is 74.2. The molecular weight excluding hydrogens is 935 g/mol. The molecule has 0 radical (unpaired) electrons. The second-order valence-corrected chi connectivity index (χ2v) is 20.9. The van der Waals surface area contributed by atoms with Gasteiger partial charge in [0.25, 0.3) is 0 Å². The molecule has 0 aliphatic heterocycles. The van der Waals surface area contributed by atoms with Gasteiger partial charge in [-0.3, -0.25) is 9.59 Å². The van der Waals surface area contributed by atoms with Crippen LogP contribution in [0.2, 0.25) is 0 Å². The SMILES string of the molecule is CC/C=C\C/C=C\C/C=C\C/C=C\C/C=C\CCCCCCCCCCCCCCCC(=O)OC(COC(=O)CCCCCCCCCC/C=C\C/C=C\C/C=C\C/C=C\CC)COC(OCC[N+](C)(C)C)C(=O)[O-]. The van der Waals surface area contributed by atoms with Gasteiger partial charge in [0.2, 0.25) is 0 Å². The summed E-state index contributed by atoms with van der Waals surface area (Å²) in [5.41, 5.74) is 0. The lowest BCUT2D eigenvalue weighted by Gasteiger charge is -2.26. The van der Waals surface area contributed by atoms with Crippen LogP contribution in [0.1, 0.15) is 232 Å². The summed E-state index contributed by atoms with van der Waals surface area (Å²) in [6, 6.07) is 0. The lowest BCUT2D eigenvalue weighted by molar-refractivity contribution is -0.870. The molecule has 75 heavy (non-hydrogen) atoms. The van der Waals surface area contributed by atoms with E-state index in [0.29, 0.717) is 17.4 Å².